The van der Waals surface area contributed by atoms with Gasteiger partial charge in [0.05, 0.1) is 36.9 Å². The predicted octanol–water partition coefficient (Wildman–Crippen LogP) is 3.06. The molecule has 0 spiro atoms. The highest BCUT2D eigenvalue weighted by Crippen LogP contribution is 2.35. The summed E-state index contributed by atoms with van der Waals surface area (Å²) < 4.78 is 15.6. The molecule has 10 nitrogen and oxygen atoms in total. The third-order valence-corrected chi connectivity index (χ3v) is 5.16. The van der Waals surface area contributed by atoms with Gasteiger partial charge in [-0.25, -0.2) is 0 Å². The van der Waals surface area contributed by atoms with E-state index in [-0.39, 0.29) is 36.8 Å². The minimum absolute atomic E-state index is 0.113. The number of nitro benzene ring substituents is 1. The van der Waals surface area contributed by atoms with Crippen LogP contribution in [-0.4, -0.2) is 68.9 Å². The molecule has 11 heteroatoms. The first-order valence-corrected chi connectivity index (χ1v) is 10.7. The zero-order valence-corrected chi connectivity index (χ0v) is 19.1. The Hall–Kier alpha value is -3.31. The second-order valence-corrected chi connectivity index (χ2v) is 7.38. The van der Waals surface area contributed by atoms with E-state index >= 15 is 0 Å². The smallest absolute Gasteiger partial charge is 0.286 e. The van der Waals surface area contributed by atoms with Crippen LogP contribution in [0.25, 0.3) is 0 Å². The summed E-state index contributed by atoms with van der Waals surface area (Å²) in [5, 5.41) is 14.3. The van der Waals surface area contributed by atoms with Crippen molar-refractivity contribution in [2.24, 2.45) is 0 Å². The van der Waals surface area contributed by atoms with Gasteiger partial charge >= 0.3 is 0 Å². The van der Waals surface area contributed by atoms with Crippen LogP contribution in [0.1, 0.15) is 10.4 Å². The first-order chi connectivity index (χ1) is 15.3. The number of benzene rings is 2. The molecule has 2 aromatic rings. The largest absolute Gasteiger partial charge is 0.493 e. The van der Waals surface area contributed by atoms with Crippen LogP contribution in [-0.2, 0) is 9.53 Å². The molecule has 0 heterocycles. The number of thioether (sulfide) groups is 1. The Morgan fingerprint density at radius 3 is 2.50 bits per heavy atom. The summed E-state index contributed by atoms with van der Waals surface area (Å²) in [6, 6.07) is 9.62. The molecule has 0 aliphatic carbocycles. The van der Waals surface area contributed by atoms with E-state index in [0.717, 1.165) is 15.9 Å². The first kappa shape index (κ1) is 25.0. The van der Waals surface area contributed by atoms with E-state index in [0.29, 0.717) is 5.69 Å². The number of likely N-dealkylation sites (N-methyl/N-ethyl adjacent to an activating group) is 1. The van der Waals surface area contributed by atoms with Crippen LogP contribution in [0, 0.1) is 10.1 Å². The van der Waals surface area contributed by atoms with Crippen molar-refractivity contribution in [3.8, 4) is 11.5 Å². The molecular formula is C21H25N3O7S. The number of rotatable bonds is 11. The van der Waals surface area contributed by atoms with Crippen molar-refractivity contribution in [1.29, 1.82) is 0 Å². The maximum absolute atomic E-state index is 12.9. The summed E-state index contributed by atoms with van der Waals surface area (Å²) in [7, 11) is 4.25. The Balaban J connectivity index is 2.22. The molecule has 0 radical (unpaired) electrons. The van der Waals surface area contributed by atoms with Crippen molar-refractivity contribution < 1.29 is 28.7 Å². The Labute approximate surface area is 190 Å². The number of nitrogens with one attached hydrogen (secondary N) is 1. The zero-order chi connectivity index (χ0) is 23.7. The van der Waals surface area contributed by atoms with Crippen molar-refractivity contribution in [1.82, 2.24) is 4.90 Å². The summed E-state index contributed by atoms with van der Waals surface area (Å²) in [6.45, 7) is 0.122. The molecule has 0 bridgehead atoms. The van der Waals surface area contributed by atoms with Crippen LogP contribution in [0.4, 0.5) is 11.4 Å². The van der Waals surface area contributed by atoms with Crippen LogP contribution in [0.2, 0.25) is 0 Å². The summed E-state index contributed by atoms with van der Waals surface area (Å²) in [5.74, 6) is -0.869. The highest BCUT2D eigenvalue weighted by molar-refractivity contribution is 7.98. The average molecular weight is 464 g/mol. The van der Waals surface area contributed by atoms with Gasteiger partial charge in [0.2, 0.25) is 5.91 Å². The molecule has 0 fully saturated rings. The lowest BCUT2D eigenvalue weighted by Gasteiger charge is -2.19. The first-order valence-electron chi connectivity index (χ1n) is 9.48. The summed E-state index contributed by atoms with van der Waals surface area (Å²) >= 11 is 1.47. The second-order valence-electron chi connectivity index (χ2n) is 6.53. The minimum Gasteiger partial charge on any atom is -0.493 e. The number of anilines is 1. The molecule has 0 saturated carbocycles. The van der Waals surface area contributed by atoms with Crippen LogP contribution in [0.3, 0.4) is 0 Å². The number of nitro groups is 1. The maximum Gasteiger partial charge on any atom is 0.286 e. The van der Waals surface area contributed by atoms with Gasteiger partial charge in [-0.15, -0.1) is 11.8 Å². The van der Waals surface area contributed by atoms with E-state index in [9.17, 15) is 19.7 Å². The van der Waals surface area contributed by atoms with E-state index in [1.807, 2.05) is 18.4 Å². The lowest BCUT2D eigenvalue weighted by molar-refractivity contribution is -0.385. The number of methoxy groups -OCH3 is 2. The zero-order valence-electron chi connectivity index (χ0n) is 18.2. The van der Waals surface area contributed by atoms with Crippen molar-refractivity contribution >= 4 is 35.0 Å². The van der Waals surface area contributed by atoms with Crippen molar-refractivity contribution in [2.45, 2.75) is 4.90 Å². The van der Waals surface area contributed by atoms with Gasteiger partial charge in [0.1, 0.15) is 12.2 Å². The standard InChI is InChI=1S/C21H25N3O7S/c1-23(13-20(25)22-15-7-5-6-8-19(15)32-4)21(26)14-11-17(30-3)18(31-10-9-29-2)12-16(14)24(27)28/h5-8,11-12H,9-10,13H2,1-4H3,(H,22,25). The molecule has 32 heavy (non-hydrogen) atoms. The van der Waals surface area contributed by atoms with Gasteiger partial charge in [-0.05, 0) is 18.4 Å². The second kappa shape index (κ2) is 11.9. The van der Waals surface area contributed by atoms with Crippen LogP contribution >= 0.6 is 11.8 Å². The number of carbonyl (C=O) groups is 2. The SMILES string of the molecule is COCCOc1cc([N+](=O)[O-])c(C(=O)N(C)CC(=O)Nc2ccccc2SC)cc1OC. The number of carbonyl (C=O) groups excluding carboxylic acids is 2. The topological polar surface area (TPSA) is 120 Å². The van der Waals surface area contributed by atoms with Crippen molar-refractivity contribution in [2.75, 3.05) is 52.6 Å². The lowest BCUT2D eigenvalue weighted by Crippen LogP contribution is -2.35. The fourth-order valence-corrected chi connectivity index (χ4v) is 3.36. The van der Waals surface area contributed by atoms with Gasteiger partial charge in [-0.1, -0.05) is 12.1 Å². The fraction of sp³-hybridized carbons (Fsp3) is 0.333. The summed E-state index contributed by atoms with van der Waals surface area (Å²) in [6.07, 6.45) is 1.88. The maximum atomic E-state index is 12.9. The van der Waals surface area contributed by atoms with Crippen LogP contribution in [0.5, 0.6) is 11.5 Å². The molecule has 0 atom stereocenters. The van der Waals surface area contributed by atoms with Crippen LogP contribution < -0.4 is 14.8 Å². The van der Waals surface area contributed by atoms with Crippen molar-refractivity contribution in [3.05, 3.63) is 52.1 Å². The Bertz CT molecular complexity index is 984. The molecule has 0 aliphatic heterocycles. The Kier molecular flexibility index (Phi) is 9.29. The Morgan fingerprint density at radius 1 is 1.16 bits per heavy atom. The highest BCUT2D eigenvalue weighted by Gasteiger charge is 2.27. The third kappa shape index (κ3) is 6.34. The number of ether oxygens (including phenoxy) is 3. The molecule has 0 aliphatic rings. The molecule has 2 aromatic carbocycles. The third-order valence-electron chi connectivity index (χ3n) is 4.36. The molecule has 0 saturated heterocycles. The number of para-hydroxylation sites is 1. The van der Waals surface area contributed by atoms with Gasteiger partial charge in [-0.2, -0.15) is 0 Å². The van der Waals surface area contributed by atoms with E-state index in [2.05, 4.69) is 5.32 Å². The van der Waals surface area contributed by atoms with E-state index in [4.69, 9.17) is 14.2 Å². The summed E-state index contributed by atoms with van der Waals surface area (Å²) in [4.78, 5) is 38.3. The van der Waals surface area contributed by atoms with Gasteiger partial charge in [0.25, 0.3) is 11.6 Å². The fourth-order valence-electron chi connectivity index (χ4n) is 2.81. The monoisotopic (exact) mass is 463 g/mol. The van der Waals surface area contributed by atoms with Crippen LogP contribution in [0.15, 0.2) is 41.3 Å². The Morgan fingerprint density at radius 2 is 1.88 bits per heavy atom. The van der Waals surface area contributed by atoms with E-state index in [1.165, 1.54) is 39.1 Å². The molecule has 1 N–H and O–H groups in total. The number of hydrogen-bond acceptors (Lipinski definition) is 8. The van der Waals surface area contributed by atoms with E-state index < -0.39 is 22.4 Å². The number of hydrogen-bond donors (Lipinski definition) is 1. The molecule has 2 amide bonds. The van der Waals surface area contributed by atoms with Gasteiger partial charge in [0, 0.05) is 25.1 Å². The minimum atomic E-state index is -0.702. The molecule has 2 rings (SSSR count). The summed E-state index contributed by atoms with van der Waals surface area (Å²) in [5.41, 5.74) is -0.0509. The van der Waals surface area contributed by atoms with Gasteiger partial charge < -0.3 is 24.4 Å². The molecular weight excluding hydrogens is 438 g/mol. The number of amides is 2. The molecule has 0 aromatic heterocycles. The predicted molar refractivity (Wildman–Crippen MR) is 121 cm³/mol. The molecule has 0 unspecified atom stereocenters. The van der Waals surface area contributed by atoms with Gasteiger partial charge in [-0.3, -0.25) is 19.7 Å². The number of nitrogens with zero attached hydrogens (tertiary/aromatic N) is 2. The molecule has 172 valence electrons. The lowest BCUT2D eigenvalue weighted by atomic mass is 10.1. The quantitative estimate of drug-likeness (QED) is 0.234. The van der Waals surface area contributed by atoms with Gasteiger partial charge in [0.15, 0.2) is 11.5 Å². The normalized spacial score (nSPS) is 10.4. The van der Waals surface area contributed by atoms with E-state index in [1.54, 1.807) is 12.1 Å². The highest BCUT2D eigenvalue weighted by atomic mass is 32.2. The average Bonchev–Trinajstić information content (AvgIpc) is 2.78. The van der Waals surface area contributed by atoms with Crippen molar-refractivity contribution in [3.63, 3.8) is 0 Å².